The van der Waals surface area contributed by atoms with Crippen molar-refractivity contribution in [3.63, 3.8) is 0 Å². The van der Waals surface area contributed by atoms with Gasteiger partial charge >= 0.3 is 0 Å². The number of amides is 2. The van der Waals surface area contributed by atoms with Crippen molar-refractivity contribution in [2.75, 3.05) is 26.2 Å². The summed E-state index contributed by atoms with van der Waals surface area (Å²) in [6.45, 7) is 1.80. The molecule has 1 fully saturated rings. The van der Waals surface area contributed by atoms with Crippen molar-refractivity contribution in [3.05, 3.63) is 59.9 Å². The fourth-order valence-corrected chi connectivity index (χ4v) is 2.86. The zero-order chi connectivity index (χ0) is 17.6. The third kappa shape index (κ3) is 4.13. The average molecular weight is 340 g/mol. The van der Waals surface area contributed by atoms with Crippen molar-refractivity contribution in [1.82, 2.24) is 15.2 Å². The summed E-state index contributed by atoms with van der Waals surface area (Å²) in [6, 6.07) is 10.5. The molecule has 2 heterocycles. The maximum Gasteiger partial charge on any atom is 0.255 e. The average Bonchev–Trinajstić information content (AvgIpc) is 2.67. The molecule has 0 bridgehead atoms. The number of nitrogens with one attached hydrogen (secondary N) is 1. The molecule has 0 spiro atoms. The molecule has 0 saturated carbocycles. The summed E-state index contributed by atoms with van der Waals surface area (Å²) in [7, 11) is 0. The summed E-state index contributed by atoms with van der Waals surface area (Å²) in [6.07, 6.45) is 3.50. The van der Waals surface area contributed by atoms with Crippen LogP contribution < -0.4 is 15.8 Å². The largest absolute Gasteiger partial charge is 0.484 e. The number of nitrogens with two attached hydrogens (primary N) is 1. The quantitative estimate of drug-likeness (QED) is 0.836. The minimum atomic E-state index is -0.560. The lowest BCUT2D eigenvalue weighted by molar-refractivity contribution is -0.119. The van der Waals surface area contributed by atoms with Crippen LogP contribution in [0.15, 0.2) is 48.8 Å². The van der Waals surface area contributed by atoms with Gasteiger partial charge in [0.25, 0.3) is 11.8 Å². The summed E-state index contributed by atoms with van der Waals surface area (Å²) < 4.78 is 5.29. The number of hydrogen-bond acceptors (Lipinski definition) is 5. The molecule has 7 heteroatoms. The van der Waals surface area contributed by atoms with Crippen LogP contribution in [0.4, 0.5) is 0 Å². The third-order valence-electron chi connectivity index (χ3n) is 4.04. The van der Waals surface area contributed by atoms with E-state index in [1.54, 1.807) is 36.7 Å². The van der Waals surface area contributed by atoms with Crippen molar-refractivity contribution in [3.8, 4) is 5.75 Å². The molecule has 1 saturated heterocycles. The molecule has 3 N–H and O–H groups in total. The van der Waals surface area contributed by atoms with Crippen LogP contribution >= 0.6 is 0 Å². The summed E-state index contributed by atoms with van der Waals surface area (Å²) in [5.41, 5.74) is 6.59. The van der Waals surface area contributed by atoms with Crippen molar-refractivity contribution in [2.45, 2.75) is 6.04 Å². The minimum Gasteiger partial charge on any atom is -0.484 e. The van der Waals surface area contributed by atoms with Gasteiger partial charge in [0.1, 0.15) is 5.75 Å². The topological polar surface area (TPSA) is 97.6 Å². The molecule has 1 aromatic carbocycles. The van der Waals surface area contributed by atoms with Crippen LogP contribution in [0, 0.1) is 0 Å². The maximum atomic E-state index is 13.0. The number of hydrogen-bond donors (Lipinski definition) is 2. The Hall–Kier alpha value is -2.93. The van der Waals surface area contributed by atoms with E-state index in [0.717, 1.165) is 12.1 Å². The molecule has 1 aliphatic heterocycles. The van der Waals surface area contributed by atoms with Crippen LogP contribution in [0.25, 0.3) is 0 Å². The van der Waals surface area contributed by atoms with E-state index in [4.69, 9.17) is 10.5 Å². The molecule has 2 amide bonds. The van der Waals surface area contributed by atoms with Gasteiger partial charge in [-0.2, -0.15) is 0 Å². The minimum absolute atomic E-state index is 0.0786. The van der Waals surface area contributed by atoms with Gasteiger partial charge in [-0.05, 0) is 29.8 Å². The number of ether oxygens (including phenoxy) is 1. The molecule has 7 nitrogen and oxygen atoms in total. The Kier molecular flexibility index (Phi) is 5.25. The zero-order valence-electron chi connectivity index (χ0n) is 13.7. The SMILES string of the molecule is NC(=O)COc1cccc(C(=O)N2CCNCC2c2cccnc2)c1. The van der Waals surface area contributed by atoms with Crippen LogP contribution in [0.3, 0.4) is 0 Å². The molecule has 3 rings (SSSR count). The van der Waals surface area contributed by atoms with E-state index < -0.39 is 5.91 Å². The van der Waals surface area contributed by atoms with Gasteiger partial charge < -0.3 is 20.7 Å². The van der Waals surface area contributed by atoms with Crippen LogP contribution in [0.2, 0.25) is 0 Å². The monoisotopic (exact) mass is 340 g/mol. The van der Waals surface area contributed by atoms with E-state index in [9.17, 15) is 9.59 Å². The normalized spacial score (nSPS) is 17.1. The van der Waals surface area contributed by atoms with E-state index >= 15 is 0 Å². The van der Waals surface area contributed by atoms with Gasteiger partial charge in [0.15, 0.2) is 6.61 Å². The first-order valence-corrected chi connectivity index (χ1v) is 8.08. The number of carbonyl (C=O) groups excluding carboxylic acids is 2. The lowest BCUT2D eigenvalue weighted by Gasteiger charge is -2.36. The maximum absolute atomic E-state index is 13.0. The van der Waals surface area contributed by atoms with E-state index in [0.29, 0.717) is 24.4 Å². The molecule has 1 unspecified atom stereocenters. The Bertz CT molecular complexity index is 751. The fourth-order valence-electron chi connectivity index (χ4n) is 2.86. The van der Waals surface area contributed by atoms with Gasteiger partial charge in [-0.1, -0.05) is 12.1 Å². The van der Waals surface area contributed by atoms with E-state index in [1.165, 1.54) is 0 Å². The molecule has 130 valence electrons. The Balaban J connectivity index is 1.80. The first kappa shape index (κ1) is 16.9. The molecule has 0 aliphatic carbocycles. The smallest absolute Gasteiger partial charge is 0.255 e. The van der Waals surface area contributed by atoms with Gasteiger partial charge in [-0.3, -0.25) is 14.6 Å². The third-order valence-corrected chi connectivity index (χ3v) is 4.04. The summed E-state index contributed by atoms with van der Waals surface area (Å²) >= 11 is 0. The molecule has 1 atom stereocenters. The number of nitrogens with zero attached hydrogens (tertiary/aromatic N) is 2. The lowest BCUT2D eigenvalue weighted by atomic mass is 10.0. The Morgan fingerprint density at radius 3 is 2.96 bits per heavy atom. The summed E-state index contributed by atoms with van der Waals surface area (Å²) in [5, 5.41) is 3.32. The Labute approximate surface area is 145 Å². The van der Waals surface area contributed by atoms with Crippen LogP contribution in [0.5, 0.6) is 5.75 Å². The second-order valence-electron chi connectivity index (χ2n) is 5.79. The van der Waals surface area contributed by atoms with Gasteiger partial charge in [0.05, 0.1) is 6.04 Å². The molecule has 1 aliphatic rings. The van der Waals surface area contributed by atoms with E-state index in [-0.39, 0.29) is 18.6 Å². The van der Waals surface area contributed by atoms with Crippen molar-refractivity contribution >= 4 is 11.8 Å². The number of primary amides is 1. The van der Waals surface area contributed by atoms with Crippen molar-refractivity contribution in [1.29, 1.82) is 0 Å². The Morgan fingerprint density at radius 2 is 2.20 bits per heavy atom. The van der Waals surface area contributed by atoms with Crippen molar-refractivity contribution in [2.24, 2.45) is 5.73 Å². The van der Waals surface area contributed by atoms with E-state index in [2.05, 4.69) is 10.3 Å². The number of piperazine rings is 1. The van der Waals surface area contributed by atoms with Crippen LogP contribution in [0.1, 0.15) is 22.0 Å². The van der Waals surface area contributed by atoms with Crippen molar-refractivity contribution < 1.29 is 14.3 Å². The molecule has 0 radical (unpaired) electrons. The number of carbonyl (C=O) groups is 2. The predicted octanol–water partition coefficient (Wildman–Crippen LogP) is 0.732. The second kappa shape index (κ2) is 7.76. The van der Waals surface area contributed by atoms with E-state index in [1.807, 2.05) is 17.0 Å². The lowest BCUT2D eigenvalue weighted by Crippen LogP contribution is -2.48. The highest BCUT2D eigenvalue weighted by Crippen LogP contribution is 2.24. The molecular weight excluding hydrogens is 320 g/mol. The highest BCUT2D eigenvalue weighted by Gasteiger charge is 2.28. The Morgan fingerprint density at radius 1 is 1.32 bits per heavy atom. The van der Waals surface area contributed by atoms with Gasteiger partial charge in [-0.25, -0.2) is 0 Å². The predicted molar refractivity (Wildman–Crippen MR) is 92.0 cm³/mol. The number of pyridine rings is 1. The fraction of sp³-hybridized carbons (Fsp3) is 0.278. The van der Waals surface area contributed by atoms with Crippen LogP contribution in [-0.2, 0) is 4.79 Å². The highest BCUT2D eigenvalue weighted by atomic mass is 16.5. The van der Waals surface area contributed by atoms with Gasteiger partial charge in [-0.15, -0.1) is 0 Å². The molecule has 1 aromatic heterocycles. The zero-order valence-corrected chi connectivity index (χ0v) is 13.7. The number of aromatic nitrogens is 1. The molecular formula is C18H20N4O3. The van der Waals surface area contributed by atoms with Gasteiger partial charge in [0.2, 0.25) is 0 Å². The van der Waals surface area contributed by atoms with Crippen LogP contribution in [-0.4, -0.2) is 47.9 Å². The molecule has 2 aromatic rings. The second-order valence-corrected chi connectivity index (χ2v) is 5.79. The first-order valence-electron chi connectivity index (χ1n) is 8.08. The number of benzene rings is 1. The highest BCUT2D eigenvalue weighted by molar-refractivity contribution is 5.95. The first-order chi connectivity index (χ1) is 12.1. The standard InChI is InChI=1S/C18H20N4O3/c19-17(23)12-25-15-5-1-3-13(9-15)18(24)22-8-7-21-11-16(22)14-4-2-6-20-10-14/h1-6,9-10,16,21H,7-8,11-12H2,(H2,19,23). The molecule has 25 heavy (non-hydrogen) atoms. The van der Waals surface area contributed by atoms with Gasteiger partial charge in [0, 0.05) is 37.6 Å². The number of rotatable bonds is 5. The summed E-state index contributed by atoms with van der Waals surface area (Å²) in [4.78, 5) is 29.8. The summed E-state index contributed by atoms with van der Waals surface area (Å²) in [5.74, 6) is -0.201.